The molecule has 32 heavy (non-hydrogen) atoms. The molecule has 0 heterocycles. The van der Waals surface area contributed by atoms with Gasteiger partial charge in [0.2, 0.25) is 0 Å². The zero-order valence-corrected chi connectivity index (χ0v) is 18.7. The average molecular weight is 456 g/mol. The van der Waals surface area contributed by atoms with Gasteiger partial charge in [-0.25, -0.2) is 14.4 Å². The van der Waals surface area contributed by atoms with Crippen molar-refractivity contribution in [1.82, 2.24) is 0 Å². The van der Waals surface area contributed by atoms with Gasteiger partial charge in [-0.15, -0.1) is 0 Å². The van der Waals surface area contributed by atoms with E-state index in [1.807, 2.05) is 0 Å². The Labute approximate surface area is 188 Å². The molecule has 0 bridgehead atoms. The summed E-state index contributed by atoms with van der Waals surface area (Å²) in [6.07, 6.45) is 0.939. The molecule has 0 N–H and O–H groups in total. The van der Waals surface area contributed by atoms with E-state index in [0.29, 0.717) is 19.4 Å². The number of carbonyl (C=O) groups is 4. The van der Waals surface area contributed by atoms with Crippen LogP contribution in [0.4, 0.5) is 0 Å². The maximum Gasteiger partial charge on any atom is 0.335 e. The molecule has 0 saturated carbocycles. The Morgan fingerprint density at radius 1 is 0.750 bits per heavy atom. The number of esters is 4. The van der Waals surface area contributed by atoms with Gasteiger partial charge in [-0.1, -0.05) is 19.7 Å². The molecule has 0 spiro atoms. The highest BCUT2D eigenvalue weighted by Gasteiger charge is 2.25. The Morgan fingerprint density at radius 2 is 1.25 bits per heavy atom. The van der Waals surface area contributed by atoms with Gasteiger partial charge in [-0.3, -0.25) is 4.79 Å². The van der Waals surface area contributed by atoms with Gasteiger partial charge in [0.05, 0.1) is 19.3 Å². The molecule has 0 aromatic heterocycles. The summed E-state index contributed by atoms with van der Waals surface area (Å²) in [5, 5.41) is 0. The molecule has 0 aromatic rings. The van der Waals surface area contributed by atoms with Crippen molar-refractivity contribution in [2.24, 2.45) is 0 Å². The van der Waals surface area contributed by atoms with E-state index in [1.54, 1.807) is 0 Å². The summed E-state index contributed by atoms with van der Waals surface area (Å²) in [5.41, 5.74) is 0.439. The molecule has 0 aliphatic rings. The summed E-state index contributed by atoms with van der Waals surface area (Å²) < 4.78 is 30.1. The molecule has 1 unspecified atom stereocenters. The molecule has 0 aliphatic heterocycles. The summed E-state index contributed by atoms with van der Waals surface area (Å²) in [7, 11) is 0. The molecule has 0 saturated heterocycles. The quantitative estimate of drug-likeness (QED) is 0.0995. The first-order valence-corrected chi connectivity index (χ1v) is 10.0. The third-order valence-electron chi connectivity index (χ3n) is 3.55. The van der Waals surface area contributed by atoms with E-state index in [2.05, 4.69) is 19.7 Å². The maximum absolute atomic E-state index is 12.3. The molecule has 180 valence electrons. The van der Waals surface area contributed by atoms with E-state index >= 15 is 0 Å². The average Bonchev–Trinajstić information content (AvgIpc) is 2.74. The van der Waals surface area contributed by atoms with Crippen LogP contribution in [0.5, 0.6) is 0 Å². The van der Waals surface area contributed by atoms with Crippen molar-refractivity contribution in [3.05, 3.63) is 37.1 Å². The lowest BCUT2D eigenvalue weighted by molar-refractivity contribution is -0.166. The van der Waals surface area contributed by atoms with Crippen LogP contribution in [0.15, 0.2) is 37.1 Å². The summed E-state index contributed by atoms with van der Waals surface area (Å²) in [4.78, 5) is 46.9. The van der Waals surface area contributed by atoms with Gasteiger partial charge in [-0.05, 0) is 26.7 Å². The van der Waals surface area contributed by atoms with Gasteiger partial charge >= 0.3 is 23.9 Å². The van der Waals surface area contributed by atoms with Gasteiger partial charge in [-0.2, -0.15) is 0 Å². The lowest BCUT2D eigenvalue weighted by Gasteiger charge is -2.16. The lowest BCUT2D eigenvalue weighted by atomic mass is 10.2. The van der Waals surface area contributed by atoms with Crippen LogP contribution in [0, 0.1) is 0 Å². The Kier molecular flexibility index (Phi) is 15.8. The molecule has 0 radical (unpaired) electrons. The van der Waals surface area contributed by atoms with Crippen LogP contribution in [0.3, 0.4) is 0 Å². The highest BCUT2D eigenvalue weighted by Crippen LogP contribution is 2.06. The van der Waals surface area contributed by atoms with Gasteiger partial charge < -0.3 is 28.4 Å². The van der Waals surface area contributed by atoms with Crippen molar-refractivity contribution in [3.63, 3.8) is 0 Å². The second-order valence-corrected chi connectivity index (χ2v) is 6.53. The minimum atomic E-state index is -1.21. The number of hydrogen-bond donors (Lipinski definition) is 0. The van der Waals surface area contributed by atoms with E-state index in [0.717, 1.165) is 0 Å². The van der Waals surface area contributed by atoms with Crippen molar-refractivity contribution in [1.29, 1.82) is 0 Å². The second-order valence-electron chi connectivity index (χ2n) is 6.53. The third-order valence-corrected chi connectivity index (χ3v) is 3.55. The van der Waals surface area contributed by atoms with E-state index in [4.69, 9.17) is 28.4 Å². The topological polar surface area (TPSA) is 124 Å². The predicted molar refractivity (Wildman–Crippen MR) is 113 cm³/mol. The van der Waals surface area contributed by atoms with Crippen molar-refractivity contribution in [2.45, 2.75) is 39.2 Å². The number of ether oxygens (including phenoxy) is 6. The van der Waals surface area contributed by atoms with Crippen LogP contribution < -0.4 is 0 Å². The highest BCUT2D eigenvalue weighted by atomic mass is 16.6. The summed E-state index contributed by atoms with van der Waals surface area (Å²) in [6, 6.07) is 0. The number of hydrogen-bond acceptors (Lipinski definition) is 10. The first kappa shape index (κ1) is 28.9. The van der Waals surface area contributed by atoms with Crippen LogP contribution in [0.25, 0.3) is 0 Å². The minimum Gasteiger partial charge on any atom is -0.502 e. The van der Waals surface area contributed by atoms with E-state index in [9.17, 15) is 19.2 Å². The second kappa shape index (κ2) is 17.5. The lowest BCUT2D eigenvalue weighted by Crippen LogP contribution is -2.31. The predicted octanol–water partition coefficient (Wildman–Crippen LogP) is 2.03. The fourth-order valence-electron chi connectivity index (χ4n) is 1.92. The first-order chi connectivity index (χ1) is 15.2. The van der Waals surface area contributed by atoms with E-state index in [-0.39, 0.29) is 44.2 Å². The number of carbonyl (C=O) groups excluding carboxylic acids is 4. The normalized spacial score (nSPS) is 10.9. The molecular weight excluding hydrogens is 424 g/mol. The first-order valence-electron chi connectivity index (χ1n) is 10.0. The zero-order chi connectivity index (χ0) is 24.4. The highest BCUT2D eigenvalue weighted by molar-refractivity contribution is 5.87. The van der Waals surface area contributed by atoms with E-state index in [1.165, 1.54) is 20.1 Å². The van der Waals surface area contributed by atoms with Gasteiger partial charge in [0, 0.05) is 17.8 Å². The van der Waals surface area contributed by atoms with Crippen LogP contribution in [0.2, 0.25) is 0 Å². The Balaban J connectivity index is 4.51. The van der Waals surface area contributed by atoms with E-state index < -0.39 is 36.4 Å². The van der Waals surface area contributed by atoms with Crippen molar-refractivity contribution in [3.8, 4) is 0 Å². The van der Waals surface area contributed by atoms with Gasteiger partial charge in [0.25, 0.3) is 0 Å². The van der Waals surface area contributed by atoms with Crippen LogP contribution in [0.1, 0.15) is 33.1 Å². The molecule has 0 amide bonds. The fourth-order valence-corrected chi connectivity index (χ4v) is 1.92. The molecule has 0 aliphatic carbocycles. The van der Waals surface area contributed by atoms with Crippen LogP contribution >= 0.6 is 0 Å². The molecule has 0 fully saturated rings. The SMILES string of the molecule is C=COCCCCOC(CC(=O)OCCOC(=O)C(=C)C)C(=O)OCCOC(=O)C(=C)C. The molecule has 0 aromatic carbocycles. The van der Waals surface area contributed by atoms with Gasteiger partial charge in [0.1, 0.15) is 26.4 Å². The number of unbranched alkanes of at least 4 members (excludes halogenated alkanes) is 1. The third kappa shape index (κ3) is 14.8. The van der Waals surface area contributed by atoms with Gasteiger partial charge in [0.15, 0.2) is 6.10 Å². The summed E-state index contributed by atoms with van der Waals surface area (Å²) in [6.45, 7) is 13.2. The molecule has 0 rings (SSSR count). The van der Waals surface area contributed by atoms with Crippen molar-refractivity contribution in [2.75, 3.05) is 39.6 Å². The monoisotopic (exact) mass is 456 g/mol. The summed E-state index contributed by atoms with van der Waals surface area (Å²) >= 11 is 0. The molecule has 1 atom stereocenters. The Hall–Kier alpha value is -3.14. The molecule has 10 heteroatoms. The Morgan fingerprint density at radius 3 is 1.78 bits per heavy atom. The summed E-state index contributed by atoms with van der Waals surface area (Å²) in [5.74, 6) is -2.74. The van der Waals surface area contributed by atoms with Crippen molar-refractivity contribution >= 4 is 23.9 Å². The van der Waals surface area contributed by atoms with Crippen molar-refractivity contribution < 1.29 is 47.6 Å². The fraction of sp³-hybridized carbons (Fsp3) is 0.545. The minimum absolute atomic E-state index is 0.148. The standard InChI is InChI=1S/C22H32O10/c1-6-27-9-7-8-10-28-18(22(26)32-14-13-31-21(25)17(4)5)15-19(23)29-11-12-30-20(24)16(2)3/h6,18H,1-2,4,7-15H2,3,5H3. The molecule has 10 nitrogen and oxygen atoms in total. The smallest absolute Gasteiger partial charge is 0.335 e. The number of rotatable bonds is 18. The van der Waals surface area contributed by atoms with Crippen LogP contribution in [-0.4, -0.2) is 69.6 Å². The maximum atomic E-state index is 12.3. The molecular formula is C22H32O10. The zero-order valence-electron chi connectivity index (χ0n) is 18.7. The Bertz CT molecular complexity index is 668. The largest absolute Gasteiger partial charge is 0.502 e. The van der Waals surface area contributed by atoms with Crippen LogP contribution in [-0.2, 0) is 47.6 Å².